The number of nitrogens with two attached hydrogens (primary N) is 1. The monoisotopic (exact) mass is 191 g/mol. The van der Waals surface area contributed by atoms with Gasteiger partial charge in [0.05, 0.1) is 6.10 Å². The Labute approximate surface area is 85.1 Å². The highest BCUT2D eigenvalue weighted by Crippen LogP contribution is 2.36. The molecule has 0 saturated carbocycles. The first-order valence-corrected chi connectivity index (χ1v) is 5.29. The number of ether oxygens (including phenoxy) is 1. The minimum absolute atomic E-state index is 0.197. The van der Waals surface area contributed by atoms with Crippen molar-refractivity contribution in [3.05, 3.63) is 35.4 Å². The molecule has 0 aromatic heterocycles. The van der Waals surface area contributed by atoms with Crippen molar-refractivity contribution < 1.29 is 4.74 Å². The average Bonchev–Trinajstić information content (AvgIpc) is 2.23. The standard InChI is InChI=1S/C12H17NO/c1-2-14-12-8-7-11(13)9-5-3-4-6-10(9)12/h3-6,11-12H,2,7-8,13H2,1H3/t11-,12+/m0/s1. The molecule has 2 nitrogen and oxygen atoms in total. The quantitative estimate of drug-likeness (QED) is 0.779. The molecule has 0 radical (unpaired) electrons. The fourth-order valence-corrected chi connectivity index (χ4v) is 2.16. The lowest BCUT2D eigenvalue weighted by Crippen LogP contribution is -2.21. The molecule has 2 N–H and O–H groups in total. The van der Waals surface area contributed by atoms with Crippen molar-refractivity contribution in [2.75, 3.05) is 6.61 Å². The smallest absolute Gasteiger partial charge is 0.0828 e. The molecule has 0 fully saturated rings. The Kier molecular flexibility index (Phi) is 2.85. The molecule has 0 heterocycles. The fourth-order valence-electron chi connectivity index (χ4n) is 2.16. The highest BCUT2D eigenvalue weighted by atomic mass is 16.5. The number of hydrogen-bond acceptors (Lipinski definition) is 2. The zero-order valence-electron chi connectivity index (χ0n) is 8.57. The van der Waals surface area contributed by atoms with Gasteiger partial charge in [0.15, 0.2) is 0 Å². The number of fused-ring (bicyclic) bond motifs is 1. The summed E-state index contributed by atoms with van der Waals surface area (Å²) in [7, 11) is 0. The van der Waals surface area contributed by atoms with E-state index in [2.05, 4.69) is 18.2 Å². The van der Waals surface area contributed by atoms with Gasteiger partial charge in [0.2, 0.25) is 0 Å². The molecule has 0 aliphatic heterocycles. The van der Waals surface area contributed by atoms with Gasteiger partial charge in [-0.15, -0.1) is 0 Å². The van der Waals surface area contributed by atoms with Gasteiger partial charge in [0.25, 0.3) is 0 Å². The van der Waals surface area contributed by atoms with Crippen molar-refractivity contribution in [1.29, 1.82) is 0 Å². The molecule has 2 rings (SSSR count). The third kappa shape index (κ3) is 1.68. The van der Waals surface area contributed by atoms with E-state index in [0.29, 0.717) is 0 Å². The summed E-state index contributed by atoms with van der Waals surface area (Å²) in [5.41, 5.74) is 8.60. The molecule has 1 aromatic carbocycles. The van der Waals surface area contributed by atoms with Crippen LogP contribution in [0, 0.1) is 0 Å². The summed E-state index contributed by atoms with van der Waals surface area (Å²) in [6.07, 6.45) is 2.34. The van der Waals surface area contributed by atoms with E-state index >= 15 is 0 Å². The van der Waals surface area contributed by atoms with Crippen LogP contribution in [0.15, 0.2) is 24.3 Å². The maximum Gasteiger partial charge on any atom is 0.0828 e. The Hall–Kier alpha value is -0.860. The van der Waals surface area contributed by atoms with E-state index in [9.17, 15) is 0 Å². The largest absolute Gasteiger partial charge is 0.374 e. The van der Waals surface area contributed by atoms with Gasteiger partial charge in [-0.2, -0.15) is 0 Å². The second kappa shape index (κ2) is 4.11. The van der Waals surface area contributed by atoms with Gasteiger partial charge in [0.1, 0.15) is 0 Å². The third-order valence-corrected chi connectivity index (χ3v) is 2.85. The van der Waals surface area contributed by atoms with Crippen LogP contribution in [-0.4, -0.2) is 6.61 Å². The first kappa shape index (κ1) is 9.69. The van der Waals surface area contributed by atoms with Crippen LogP contribution in [0.5, 0.6) is 0 Å². The molecule has 1 aliphatic carbocycles. The van der Waals surface area contributed by atoms with Gasteiger partial charge < -0.3 is 10.5 Å². The molecule has 0 saturated heterocycles. The molecule has 0 amide bonds. The average molecular weight is 191 g/mol. The lowest BCUT2D eigenvalue weighted by Gasteiger charge is -2.29. The maximum atomic E-state index is 6.05. The second-order valence-corrected chi connectivity index (χ2v) is 3.76. The summed E-state index contributed by atoms with van der Waals surface area (Å²) in [4.78, 5) is 0. The van der Waals surface area contributed by atoms with Crippen molar-refractivity contribution >= 4 is 0 Å². The van der Waals surface area contributed by atoms with E-state index < -0.39 is 0 Å². The van der Waals surface area contributed by atoms with Crippen LogP contribution in [0.3, 0.4) is 0 Å². The predicted octanol–water partition coefficient (Wildman–Crippen LogP) is 2.56. The first-order valence-electron chi connectivity index (χ1n) is 5.29. The van der Waals surface area contributed by atoms with Crippen LogP contribution in [0.2, 0.25) is 0 Å². The Balaban J connectivity index is 2.31. The van der Waals surface area contributed by atoms with E-state index in [-0.39, 0.29) is 12.1 Å². The zero-order valence-corrected chi connectivity index (χ0v) is 8.57. The highest BCUT2D eigenvalue weighted by molar-refractivity contribution is 5.33. The molecule has 14 heavy (non-hydrogen) atoms. The van der Waals surface area contributed by atoms with Crippen molar-refractivity contribution in [3.63, 3.8) is 0 Å². The summed E-state index contributed by atoms with van der Waals surface area (Å²) in [6, 6.07) is 8.55. The summed E-state index contributed by atoms with van der Waals surface area (Å²) in [6.45, 7) is 2.81. The number of benzene rings is 1. The molecule has 2 atom stereocenters. The molecule has 0 unspecified atom stereocenters. The molecular weight excluding hydrogens is 174 g/mol. The second-order valence-electron chi connectivity index (χ2n) is 3.76. The number of rotatable bonds is 2. The fraction of sp³-hybridized carbons (Fsp3) is 0.500. The molecule has 76 valence electrons. The van der Waals surface area contributed by atoms with Gasteiger partial charge in [-0.25, -0.2) is 0 Å². The third-order valence-electron chi connectivity index (χ3n) is 2.85. The molecular formula is C12H17NO. The van der Waals surface area contributed by atoms with Crippen LogP contribution in [0.25, 0.3) is 0 Å². The van der Waals surface area contributed by atoms with E-state index in [1.165, 1.54) is 11.1 Å². The predicted molar refractivity (Wildman–Crippen MR) is 57.0 cm³/mol. The zero-order chi connectivity index (χ0) is 9.97. The molecule has 1 aromatic rings. The van der Waals surface area contributed by atoms with E-state index in [4.69, 9.17) is 10.5 Å². The summed E-state index contributed by atoms with van der Waals surface area (Å²) in [5, 5.41) is 0. The van der Waals surface area contributed by atoms with Gasteiger partial charge in [-0.05, 0) is 30.9 Å². The maximum absolute atomic E-state index is 6.05. The van der Waals surface area contributed by atoms with Gasteiger partial charge >= 0.3 is 0 Å². The minimum atomic E-state index is 0.197. The summed E-state index contributed by atoms with van der Waals surface area (Å²) >= 11 is 0. The Bertz CT molecular complexity index is 311. The van der Waals surface area contributed by atoms with Crippen LogP contribution >= 0.6 is 0 Å². The summed E-state index contributed by atoms with van der Waals surface area (Å²) in [5.74, 6) is 0. The summed E-state index contributed by atoms with van der Waals surface area (Å²) < 4.78 is 5.70. The van der Waals surface area contributed by atoms with E-state index in [0.717, 1.165) is 19.4 Å². The van der Waals surface area contributed by atoms with Crippen molar-refractivity contribution in [3.8, 4) is 0 Å². The highest BCUT2D eigenvalue weighted by Gasteiger charge is 2.24. The molecule has 0 bridgehead atoms. The minimum Gasteiger partial charge on any atom is -0.374 e. The van der Waals surface area contributed by atoms with Crippen molar-refractivity contribution in [2.24, 2.45) is 5.73 Å². The molecule has 0 spiro atoms. The van der Waals surface area contributed by atoms with Crippen molar-refractivity contribution in [2.45, 2.75) is 31.9 Å². The molecule has 2 heteroatoms. The van der Waals surface area contributed by atoms with Crippen LogP contribution in [-0.2, 0) is 4.74 Å². The van der Waals surface area contributed by atoms with Gasteiger partial charge in [-0.1, -0.05) is 24.3 Å². The van der Waals surface area contributed by atoms with E-state index in [1.807, 2.05) is 13.0 Å². The first-order chi connectivity index (χ1) is 6.83. The lowest BCUT2D eigenvalue weighted by atomic mass is 9.86. The van der Waals surface area contributed by atoms with E-state index in [1.54, 1.807) is 0 Å². The Morgan fingerprint density at radius 3 is 2.71 bits per heavy atom. The Morgan fingerprint density at radius 2 is 2.00 bits per heavy atom. The normalized spacial score (nSPS) is 25.9. The lowest BCUT2D eigenvalue weighted by molar-refractivity contribution is 0.0472. The number of hydrogen-bond donors (Lipinski definition) is 1. The topological polar surface area (TPSA) is 35.2 Å². The SMILES string of the molecule is CCO[C@@H]1CC[C@H](N)c2ccccc21. The van der Waals surface area contributed by atoms with Crippen LogP contribution in [0.4, 0.5) is 0 Å². The van der Waals surface area contributed by atoms with Gasteiger partial charge in [-0.3, -0.25) is 0 Å². The van der Waals surface area contributed by atoms with Crippen LogP contribution < -0.4 is 5.73 Å². The van der Waals surface area contributed by atoms with Crippen molar-refractivity contribution in [1.82, 2.24) is 0 Å². The van der Waals surface area contributed by atoms with Crippen LogP contribution in [0.1, 0.15) is 43.0 Å². The van der Waals surface area contributed by atoms with Gasteiger partial charge in [0, 0.05) is 12.6 Å². The molecule has 1 aliphatic rings. The Morgan fingerprint density at radius 1 is 1.29 bits per heavy atom.